The van der Waals surface area contributed by atoms with E-state index in [1.807, 2.05) is 0 Å². The van der Waals surface area contributed by atoms with Gasteiger partial charge in [-0.25, -0.2) is 13.6 Å². The van der Waals surface area contributed by atoms with Crippen LogP contribution in [0.15, 0.2) is 72.8 Å². The lowest BCUT2D eigenvalue weighted by Crippen LogP contribution is -2.46. The Bertz CT molecular complexity index is 1290. The van der Waals surface area contributed by atoms with Gasteiger partial charge in [0.05, 0.1) is 6.54 Å². The van der Waals surface area contributed by atoms with Crippen LogP contribution in [0.5, 0.6) is 0 Å². The van der Waals surface area contributed by atoms with Gasteiger partial charge in [0.2, 0.25) is 5.91 Å². The second-order valence-corrected chi connectivity index (χ2v) is 8.87. The molecule has 9 heteroatoms. The number of carbonyl (C=O) groups excluding carboxylic acids is 3. The molecule has 2 N–H and O–H groups in total. The summed E-state index contributed by atoms with van der Waals surface area (Å²) in [5.74, 6) is -1.61. The van der Waals surface area contributed by atoms with Gasteiger partial charge in [0.1, 0.15) is 11.6 Å². The molecule has 36 heavy (non-hydrogen) atoms. The molecule has 7 nitrogen and oxygen atoms in total. The van der Waals surface area contributed by atoms with Gasteiger partial charge in [0.25, 0.3) is 5.91 Å². The fourth-order valence-corrected chi connectivity index (χ4v) is 4.12. The van der Waals surface area contributed by atoms with Crippen LogP contribution in [0.1, 0.15) is 40.4 Å². The molecule has 2 fully saturated rings. The number of nitrogens with one attached hydrogen (secondary N) is 2. The molecular formula is C27H23F2N3O4. The Hall–Kier alpha value is -4.27. The summed E-state index contributed by atoms with van der Waals surface area (Å²) < 4.78 is 32.4. The number of benzene rings is 3. The molecule has 1 saturated heterocycles. The van der Waals surface area contributed by atoms with Gasteiger partial charge in [0.15, 0.2) is 12.1 Å². The molecule has 184 valence electrons. The Kier molecular flexibility index (Phi) is 6.37. The molecule has 1 saturated carbocycles. The Labute approximate surface area is 206 Å². The number of ether oxygens (including phenoxy) is 1. The van der Waals surface area contributed by atoms with Crippen molar-refractivity contribution in [2.45, 2.75) is 37.6 Å². The standard InChI is InChI=1S/C27H23F2N3O4/c28-19-8-4-18(5-9-19)25(33)30-21-10-6-17(7-11-21)24-23(26(34)31-22-12-13-22)32(27(35)36-24)15-16-2-1-3-20(29)14-16/h1-11,14,22-24H,12-13,15H2,(H,30,33)(H,31,34). The summed E-state index contributed by atoms with van der Waals surface area (Å²) in [7, 11) is 0. The predicted octanol–water partition coefficient (Wildman–Crippen LogP) is 4.56. The number of nitrogens with zero attached hydrogens (tertiary/aromatic N) is 1. The molecule has 3 aromatic rings. The number of carbonyl (C=O) groups is 3. The Morgan fingerprint density at radius 3 is 2.33 bits per heavy atom. The van der Waals surface area contributed by atoms with E-state index in [4.69, 9.17) is 4.74 Å². The van der Waals surface area contributed by atoms with E-state index in [0.29, 0.717) is 22.4 Å². The molecule has 3 amide bonds. The lowest BCUT2D eigenvalue weighted by Gasteiger charge is -2.24. The van der Waals surface area contributed by atoms with Crippen molar-refractivity contribution in [3.63, 3.8) is 0 Å². The van der Waals surface area contributed by atoms with Gasteiger partial charge in [-0.2, -0.15) is 0 Å². The molecule has 0 bridgehead atoms. The first kappa shape index (κ1) is 23.5. The Morgan fingerprint density at radius 1 is 0.944 bits per heavy atom. The Morgan fingerprint density at radius 2 is 1.67 bits per heavy atom. The molecule has 2 aliphatic rings. The number of rotatable bonds is 7. The number of cyclic esters (lactones) is 1. The SMILES string of the molecule is O=C(Nc1ccc(C2OC(=O)N(Cc3cccc(F)c3)C2C(=O)NC2CC2)cc1)c1ccc(F)cc1. The third-order valence-corrected chi connectivity index (χ3v) is 6.12. The molecule has 1 aliphatic heterocycles. The number of halogens is 2. The van der Waals surface area contributed by atoms with E-state index < -0.39 is 35.8 Å². The zero-order chi connectivity index (χ0) is 25.2. The lowest BCUT2D eigenvalue weighted by atomic mass is 10.00. The molecule has 0 spiro atoms. The maximum Gasteiger partial charge on any atom is 0.411 e. The summed E-state index contributed by atoms with van der Waals surface area (Å²) in [5, 5.41) is 5.66. The van der Waals surface area contributed by atoms with Crippen LogP contribution in [0, 0.1) is 11.6 Å². The lowest BCUT2D eigenvalue weighted by molar-refractivity contribution is -0.126. The second kappa shape index (κ2) is 9.77. The quantitative estimate of drug-likeness (QED) is 0.507. The number of hydrogen-bond acceptors (Lipinski definition) is 4. The summed E-state index contributed by atoms with van der Waals surface area (Å²) in [6.45, 7) is 0.0155. The van der Waals surface area contributed by atoms with E-state index in [-0.39, 0.29) is 18.5 Å². The van der Waals surface area contributed by atoms with Crippen molar-refractivity contribution < 1.29 is 27.9 Å². The largest absolute Gasteiger partial charge is 0.438 e. The molecule has 3 aromatic carbocycles. The fourth-order valence-electron chi connectivity index (χ4n) is 4.12. The van der Waals surface area contributed by atoms with E-state index in [0.717, 1.165) is 12.8 Å². The van der Waals surface area contributed by atoms with E-state index in [2.05, 4.69) is 10.6 Å². The summed E-state index contributed by atoms with van der Waals surface area (Å²) in [4.78, 5) is 39.7. The van der Waals surface area contributed by atoms with E-state index in [9.17, 15) is 23.2 Å². The van der Waals surface area contributed by atoms with Crippen LogP contribution in [0.25, 0.3) is 0 Å². The fraction of sp³-hybridized carbons (Fsp3) is 0.222. The van der Waals surface area contributed by atoms with Crippen molar-refractivity contribution in [3.8, 4) is 0 Å². The highest BCUT2D eigenvalue weighted by atomic mass is 19.1. The summed E-state index contributed by atoms with van der Waals surface area (Å²) in [5.41, 5.74) is 1.89. The van der Waals surface area contributed by atoms with Crippen LogP contribution in [0.4, 0.5) is 19.3 Å². The minimum atomic E-state index is -0.943. The topological polar surface area (TPSA) is 87.7 Å². The third-order valence-electron chi connectivity index (χ3n) is 6.12. The van der Waals surface area contributed by atoms with Crippen molar-refractivity contribution in [2.75, 3.05) is 5.32 Å². The van der Waals surface area contributed by atoms with Crippen LogP contribution in [0.2, 0.25) is 0 Å². The summed E-state index contributed by atoms with van der Waals surface area (Å²) in [6.07, 6.45) is 0.203. The van der Waals surface area contributed by atoms with Gasteiger partial charge in [-0.05, 0) is 72.5 Å². The first-order chi connectivity index (χ1) is 17.4. The average Bonchev–Trinajstić information content (AvgIpc) is 3.61. The highest BCUT2D eigenvalue weighted by Gasteiger charge is 2.47. The van der Waals surface area contributed by atoms with Crippen molar-refractivity contribution in [2.24, 2.45) is 0 Å². The maximum absolute atomic E-state index is 13.7. The van der Waals surface area contributed by atoms with Crippen molar-refractivity contribution >= 4 is 23.6 Å². The molecular weight excluding hydrogens is 468 g/mol. The summed E-state index contributed by atoms with van der Waals surface area (Å²) in [6, 6.07) is 16.8. The van der Waals surface area contributed by atoms with Crippen molar-refractivity contribution in [1.29, 1.82) is 0 Å². The van der Waals surface area contributed by atoms with E-state index in [1.165, 1.54) is 41.3 Å². The van der Waals surface area contributed by atoms with Gasteiger partial charge in [-0.15, -0.1) is 0 Å². The predicted molar refractivity (Wildman–Crippen MR) is 127 cm³/mol. The maximum atomic E-state index is 13.7. The van der Waals surface area contributed by atoms with Gasteiger partial charge in [-0.3, -0.25) is 14.5 Å². The van der Waals surface area contributed by atoms with Crippen LogP contribution in [0.3, 0.4) is 0 Å². The number of hydrogen-bond donors (Lipinski definition) is 2. The van der Waals surface area contributed by atoms with Crippen LogP contribution in [-0.4, -0.2) is 34.9 Å². The van der Waals surface area contributed by atoms with Crippen LogP contribution < -0.4 is 10.6 Å². The highest BCUT2D eigenvalue weighted by molar-refractivity contribution is 6.04. The van der Waals surface area contributed by atoms with Crippen LogP contribution >= 0.6 is 0 Å². The van der Waals surface area contributed by atoms with Gasteiger partial charge < -0.3 is 15.4 Å². The Balaban J connectivity index is 1.35. The van der Waals surface area contributed by atoms with Gasteiger partial charge in [-0.1, -0.05) is 24.3 Å². The minimum absolute atomic E-state index is 0.0155. The molecule has 2 unspecified atom stereocenters. The molecule has 1 aliphatic carbocycles. The third kappa shape index (κ3) is 5.19. The number of anilines is 1. The van der Waals surface area contributed by atoms with E-state index >= 15 is 0 Å². The van der Waals surface area contributed by atoms with Gasteiger partial charge in [0, 0.05) is 17.3 Å². The zero-order valence-corrected chi connectivity index (χ0v) is 19.1. The molecule has 0 radical (unpaired) electrons. The average molecular weight is 491 g/mol. The molecule has 2 atom stereocenters. The molecule has 5 rings (SSSR count). The normalized spacial score (nSPS) is 19.1. The van der Waals surface area contributed by atoms with Crippen LogP contribution in [-0.2, 0) is 16.1 Å². The second-order valence-electron chi connectivity index (χ2n) is 8.87. The van der Waals surface area contributed by atoms with Gasteiger partial charge >= 0.3 is 6.09 Å². The highest BCUT2D eigenvalue weighted by Crippen LogP contribution is 2.35. The summed E-state index contributed by atoms with van der Waals surface area (Å²) >= 11 is 0. The van der Waals surface area contributed by atoms with Crippen molar-refractivity contribution in [1.82, 2.24) is 10.2 Å². The molecule has 1 heterocycles. The first-order valence-corrected chi connectivity index (χ1v) is 11.6. The molecule has 0 aromatic heterocycles. The smallest absolute Gasteiger partial charge is 0.411 e. The van der Waals surface area contributed by atoms with Crippen molar-refractivity contribution in [3.05, 3.63) is 101 Å². The number of amides is 3. The minimum Gasteiger partial charge on any atom is -0.438 e. The zero-order valence-electron chi connectivity index (χ0n) is 19.1. The monoisotopic (exact) mass is 491 g/mol. The first-order valence-electron chi connectivity index (χ1n) is 11.6. The van der Waals surface area contributed by atoms with E-state index in [1.54, 1.807) is 36.4 Å².